The van der Waals surface area contributed by atoms with E-state index in [0.717, 1.165) is 10.9 Å². The lowest BCUT2D eigenvalue weighted by Crippen LogP contribution is -2.08. The van der Waals surface area contributed by atoms with Crippen LogP contribution in [0.25, 0.3) is 0 Å². The molecule has 0 amide bonds. The Labute approximate surface area is 83.2 Å². The predicted molar refractivity (Wildman–Crippen MR) is 56.8 cm³/mol. The van der Waals surface area contributed by atoms with Crippen LogP contribution in [0.2, 0.25) is 0 Å². The number of aromatic nitrogens is 2. The second kappa shape index (κ2) is 3.54. The topological polar surface area (TPSA) is 51.8 Å². The third kappa shape index (κ3) is 3.63. The Morgan fingerprint density at radius 1 is 1.31 bits per heavy atom. The zero-order valence-corrected chi connectivity index (χ0v) is 9.27. The summed E-state index contributed by atoms with van der Waals surface area (Å²) in [7, 11) is 0. The van der Waals surface area contributed by atoms with Gasteiger partial charge in [-0.1, -0.05) is 20.8 Å². The molecule has 0 atom stereocenters. The van der Waals surface area contributed by atoms with Gasteiger partial charge < -0.3 is 5.73 Å². The van der Waals surface area contributed by atoms with E-state index in [0.29, 0.717) is 5.82 Å². The maximum atomic E-state index is 5.61. The Morgan fingerprint density at radius 2 is 1.92 bits per heavy atom. The Balaban J connectivity index is 2.90. The minimum absolute atomic E-state index is 0.160. The zero-order valence-electron chi connectivity index (χ0n) is 8.46. The summed E-state index contributed by atoms with van der Waals surface area (Å²) < 4.78 is 0.160. The smallest absolute Gasteiger partial charge is 0.128 e. The van der Waals surface area contributed by atoms with E-state index in [1.165, 1.54) is 0 Å². The van der Waals surface area contributed by atoms with Gasteiger partial charge in [0.25, 0.3) is 0 Å². The van der Waals surface area contributed by atoms with E-state index in [4.69, 9.17) is 5.73 Å². The molecule has 0 saturated heterocycles. The summed E-state index contributed by atoms with van der Waals surface area (Å²) >= 11 is 1.70. The number of anilines is 1. The van der Waals surface area contributed by atoms with Crippen molar-refractivity contribution in [2.24, 2.45) is 0 Å². The monoisotopic (exact) mass is 197 g/mol. The van der Waals surface area contributed by atoms with E-state index in [2.05, 4.69) is 30.7 Å². The molecule has 2 N–H and O–H groups in total. The molecule has 13 heavy (non-hydrogen) atoms. The fraction of sp³-hybridized carbons (Fsp3) is 0.556. The summed E-state index contributed by atoms with van der Waals surface area (Å²) in [6.07, 6.45) is 0. The maximum Gasteiger partial charge on any atom is 0.128 e. The largest absolute Gasteiger partial charge is 0.384 e. The van der Waals surface area contributed by atoms with Gasteiger partial charge in [-0.3, -0.25) is 0 Å². The molecule has 1 aromatic rings. The molecule has 1 heterocycles. The van der Waals surface area contributed by atoms with E-state index in [1.807, 2.05) is 13.0 Å². The van der Waals surface area contributed by atoms with Gasteiger partial charge in [-0.25, -0.2) is 9.97 Å². The zero-order chi connectivity index (χ0) is 10.1. The van der Waals surface area contributed by atoms with Crippen LogP contribution in [0.5, 0.6) is 0 Å². The first-order valence-corrected chi connectivity index (χ1v) is 4.99. The van der Waals surface area contributed by atoms with E-state index in [-0.39, 0.29) is 4.75 Å². The fourth-order valence-electron chi connectivity index (χ4n) is 0.928. The number of nitrogen functional groups attached to an aromatic ring is 1. The second-order valence-corrected chi connectivity index (χ2v) is 5.74. The molecule has 1 rings (SSSR count). The molecule has 0 unspecified atom stereocenters. The molecular formula is C9H15N3S. The molecule has 72 valence electrons. The highest BCUT2D eigenvalue weighted by atomic mass is 32.2. The van der Waals surface area contributed by atoms with Crippen molar-refractivity contribution >= 4 is 17.6 Å². The van der Waals surface area contributed by atoms with Crippen molar-refractivity contribution in [3.8, 4) is 0 Å². The molecule has 0 spiro atoms. The number of hydrogen-bond donors (Lipinski definition) is 1. The van der Waals surface area contributed by atoms with Crippen molar-refractivity contribution in [3.63, 3.8) is 0 Å². The minimum atomic E-state index is 0.160. The first kappa shape index (κ1) is 10.3. The van der Waals surface area contributed by atoms with Gasteiger partial charge in [-0.2, -0.15) is 0 Å². The molecule has 0 aromatic carbocycles. The number of thioether (sulfide) groups is 1. The summed E-state index contributed by atoms with van der Waals surface area (Å²) in [4.78, 5) is 8.31. The number of hydrogen-bond acceptors (Lipinski definition) is 4. The summed E-state index contributed by atoms with van der Waals surface area (Å²) in [5.41, 5.74) is 5.61. The molecule has 4 heteroatoms. The third-order valence-electron chi connectivity index (χ3n) is 1.25. The molecule has 0 radical (unpaired) electrons. The lowest BCUT2D eigenvalue weighted by atomic mass is 10.3. The lowest BCUT2D eigenvalue weighted by molar-refractivity contribution is 0.797. The number of rotatable bonds is 1. The van der Waals surface area contributed by atoms with Gasteiger partial charge in [-0.05, 0) is 6.92 Å². The van der Waals surface area contributed by atoms with Crippen LogP contribution in [0.4, 0.5) is 5.82 Å². The van der Waals surface area contributed by atoms with E-state index < -0.39 is 0 Å². The predicted octanol–water partition coefficient (Wildman–Crippen LogP) is 2.26. The highest BCUT2D eigenvalue weighted by Gasteiger charge is 2.13. The molecule has 0 aliphatic rings. The average molecular weight is 197 g/mol. The van der Waals surface area contributed by atoms with Crippen LogP contribution in [-0.4, -0.2) is 14.7 Å². The molecule has 0 aliphatic heterocycles. The first-order valence-electron chi connectivity index (χ1n) is 4.17. The average Bonchev–Trinajstić information content (AvgIpc) is 1.78. The van der Waals surface area contributed by atoms with Crippen LogP contribution in [0.1, 0.15) is 26.6 Å². The van der Waals surface area contributed by atoms with Gasteiger partial charge >= 0.3 is 0 Å². The summed E-state index contributed by atoms with van der Waals surface area (Å²) in [5.74, 6) is 1.27. The van der Waals surface area contributed by atoms with Crippen LogP contribution in [-0.2, 0) is 0 Å². The van der Waals surface area contributed by atoms with Crippen molar-refractivity contribution in [3.05, 3.63) is 11.9 Å². The normalized spacial score (nSPS) is 11.7. The molecule has 1 aromatic heterocycles. The van der Waals surface area contributed by atoms with Crippen LogP contribution >= 0.6 is 11.8 Å². The second-order valence-electron chi connectivity index (χ2n) is 3.89. The Hall–Kier alpha value is -0.770. The molecule has 0 bridgehead atoms. The standard InChI is InChI=1S/C9H15N3S/c1-6-11-7(10)5-8(12-6)13-9(2,3)4/h5H,1-4H3,(H2,10,11,12). The van der Waals surface area contributed by atoms with Crippen LogP contribution < -0.4 is 5.73 Å². The van der Waals surface area contributed by atoms with Crippen molar-refractivity contribution < 1.29 is 0 Å². The van der Waals surface area contributed by atoms with Gasteiger partial charge in [0.05, 0.1) is 0 Å². The highest BCUT2D eigenvalue weighted by molar-refractivity contribution is 8.00. The molecule has 3 nitrogen and oxygen atoms in total. The SMILES string of the molecule is Cc1nc(N)cc(SC(C)(C)C)n1. The first-order chi connectivity index (χ1) is 5.87. The number of nitrogens with two attached hydrogens (primary N) is 1. The third-order valence-corrected chi connectivity index (χ3v) is 2.28. The van der Waals surface area contributed by atoms with Crippen LogP contribution in [0, 0.1) is 6.92 Å². The van der Waals surface area contributed by atoms with E-state index >= 15 is 0 Å². The van der Waals surface area contributed by atoms with Crippen molar-refractivity contribution in [1.29, 1.82) is 0 Å². The summed E-state index contributed by atoms with van der Waals surface area (Å²) in [5, 5.41) is 0.942. The summed E-state index contributed by atoms with van der Waals surface area (Å²) in [6, 6.07) is 1.81. The van der Waals surface area contributed by atoms with Crippen molar-refractivity contribution in [1.82, 2.24) is 9.97 Å². The van der Waals surface area contributed by atoms with Gasteiger partial charge in [0.15, 0.2) is 0 Å². The minimum Gasteiger partial charge on any atom is -0.384 e. The van der Waals surface area contributed by atoms with E-state index in [1.54, 1.807) is 11.8 Å². The molecule has 0 fully saturated rings. The highest BCUT2D eigenvalue weighted by Crippen LogP contribution is 2.30. The summed E-state index contributed by atoms with van der Waals surface area (Å²) in [6.45, 7) is 8.28. The molecule has 0 aliphatic carbocycles. The molecular weight excluding hydrogens is 182 g/mol. The molecule has 0 saturated carbocycles. The van der Waals surface area contributed by atoms with Crippen LogP contribution in [0.3, 0.4) is 0 Å². The van der Waals surface area contributed by atoms with Crippen LogP contribution in [0.15, 0.2) is 11.1 Å². The Bertz CT molecular complexity index is 284. The number of aryl methyl sites for hydroxylation is 1. The lowest BCUT2D eigenvalue weighted by Gasteiger charge is -2.16. The quantitative estimate of drug-likeness (QED) is 0.554. The van der Waals surface area contributed by atoms with Gasteiger partial charge in [-0.15, -0.1) is 11.8 Å². The van der Waals surface area contributed by atoms with Gasteiger partial charge in [0, 0.05) is 10.8 Å². The van der Waals surface area contributed by atoms with Gasteiger partial charge in [0.2, 0.25) is 0 Å². The Kier molecular flexibility index (Phi) is 2.81. The maximum absolute atomic E-state index is 5.61. The van der Waals surface area contributed by atoms with Crippen molar-refractivity contribution in [2.75, 3.05) is 5.73 Å². The number of nitrogens with zero attached hydrogens (tertiary/aromatic N) is 2. The van der Waals surface area contributed by atoms with Gasteiger partial charge in [0.1, 0.15) is 16.7 Å². The van der Waals surface area contributed by atoms with E-state index in [9.17, 15) is 0 Å². The van der Waals surface area contributed by atoms with Crippen molar-refractivity contribution in [2.45, 2.75) is 37.5 Å². The fourth-order valence-corrected chi connectivity index (χ4v) is 1.91. The Morgan fingerprint density at radius 3 is 2.38 bits per heavy atom.